The van der Waals surface area contributed by atoms with Crippen LogP contribution in [0, 0.1) is 5.92 Å². The summed E-state index contributed by atoms with van der Waals surface area (Å²) in [5, 5.41) is 12.2. The van der Waals surface area contributed by atoms with Crippen LogP contribution in [-0.4, -0.2) is 30.2 Å². The molecule has 0 spiro atoms. The SMILES string of the molecule is CN[C@@H](CC(C)C)C(O)C(N)=O. The zero-order valence-electron chi connectivity index (χ0n) is 7.87. The highest BCUT2D eigenvalue weighted by atomic mass is 16.3. The quantitative estimate of drug-likeness (QED) is 0.524. The van der Waals surface area contributed by atoms with Gasteiger partial charge in [-0.05, 0) is 19.4 Å². The van der Waals surface area contributed by atoms with Gasteiger partial charge in [-0.15, -0.1) is 0 Å². The fraction of sp³-hybridized carbons (Fsp3) is 0.875. The first-order chi connectivity index (χ1) is 5.49. The Hall–Kier alpha value is -0.610. The Balaban J connectivity index is 4.05. The molecule has 0 rings (SSSR count). The third-order valence-electron chi connectivity index (χ3n) is 1.77. The highest BCUT2D eigenvalue weighted by Gasteiger charge is 2.22. The van der Waals surface area contributed by atoms with Gasteiger partial charge in [0.15, 0.2) is 0 Å². The lowest BCUT2D eigenvalue weighted by atomic mass is 9.99. The van der Waals surface area contributed by atoms with Crippen LogP contribution in [0.1, 0.15) is 20.3 Å². The lowest BCUT2D eigenvalue weighted by Crippen LogP contribution is -2.46. The Kier molecular flexibility index (Phi) is 4.85. The molecule has 0 saturated heterocycles. The summed E-state index contributed by atoms with van der Waals surface area (Å²) in [6.45, 7) is 4.05. The van der Waals surface area contributed by atoms with E-state index in [0.717, 1.165) is 6.42 Å². The lowest BCUT2D eigenvalue weighted by molar-refractivity contribution is -0.127. The van der Waals surface area contributed by atoms with Crippen molar-refractivity contribution in [3.8, 4) is 0 Å². The zero-order chi connectivity index (χ0) is 9.72. The molecule has 12 heavy (non-hydrogen) atoms. The normalized spacial score (nSPS) is 16.1. The molecule has 1 unspecified atom stereocenters. The van der Waals surface area contributed by atoms with Crippen LogP contribution in [-0.2, 0) is 4.79 Å². The summed E-state index contributed by atoms with van der Waals surface area (Å²) >= 11 is 0. The third kappa shape index (κ3) is 3.69. The molecule has 4 nitrogen and oxygen atoms in total. The van der Waals surface area contributed by atoms with Crippen molar-refractivity contribution in [3.05, 3.63) is 0 Å². The van der Waals surface area contributed by atoms with Crippen LogP contribution < -0.4 is 11.1 Å². The minimum absolute atomic E-state index is 0.234. The molecule has 0 radical (unpaired) electrons. The molecule has 0 saturated carbocycles. The summed E-state index contributed by atoms with van der Waals surface area (Å²) in [5.41, 5.74) is 4.96. The van der Waals surface area contributed by atoms with E-state index in [2.05, 4.69) is 5.32 Å². The second-order valence-electron chi connectivity index (χ2n) is 3.37. The van der Waals surface area contributed by atoms with Gasteiger partial charge < -0.3 is 16.2 Å². The van der Waals surface area contributed by atoms with E-state index in [0.29, 0.717) is 5.92 Å². The molecular weight excluding hydrogens is 156 g/mol. The van der Waals surface area contributed by atoms with E-state index >= 15 is 0 Å². The Morgan fingerprint density at radius 3 is 2.33 bits per heavy atom. The maximum absolute atomic E-state index is 10.6. The molecule has 0 aliphatic heterocycles. The minimum atomic E-state index is -1.09. The van der Waals surface area contributed by atoms with Crippen LogP contribution >= 0.6 is 0 Å². The Morgan fingerprint density at radius 2 is 2.08 bits per heavy atom. The van der Waals surface area contributed by atoms with Gasteiger partial charge in [0.25, 0.3) is 0 Å². The zero-order valence-corrected chi connectivity index (χ0v) is 7.87. The number of rotatable bonds is 5. The topological polar surface area (TPSA) is 75.3 Å². The Bertz CT molecular complexity index is 148. The molecule has 0 heterocycles. The van der Waals surface area contributed by atoms with Gasteiger partial charge in [0, 0.05) is 6.04 Å². The monoisotopic (exact) mass is 174 g/mol. The number of hydrogen-bond donors (Lipinski definition) is 3. The number of hydrogen-bond acceptors (Lipinski definition) is 3. The summed E-state index contributed by atoms with van der Waals surface area (Å²) < 4.78 is 0. The standard InChI is InChI=1S/C8H18N2O2/c1-5(2)4-6(10-3)7(11)8(9)12/h5-7,10-11H,4H2,1-3H3,(H2,9,12)/t6-,7?/m0/s1. The molecule has 4 heteroatoms. The van der Waals surface area contributed by atoms with E-state index in [1.807, 2.05) is 13.8 Å². The van der Waals surface area contributed by atoms with E-state index < -0.39 is 12.0 Å². The fourth-order valence-corrected chi connectivity index (χ4v) is 1.11. The van der Waals surface area contributed by atoms with Gasteiger partial charge in [0.05, 0.1) is 0 Å². The molecule has 0 bridgehead atoms. The van der Waals surface area contributed by atoms with Gasteiger partial charge in [-0.1, -0.05) is 13.8 Å². The van der Waals surface area contributed by atoms with Crippen LogP contribution in [0.25, 0.3) is 0 Å². The maximum Gasteiger partial charge on any atom is 0.247 e. The summed E-state index contributed by atoms with van der Waals surface area (Å²) in [5.74, 6) is -0.244. The van der Waals surface area contributed by atoms with E-state index in [4.69, 9.17) is 5.73 Å². The minimum Gasteiger partial charge on any atom is -0.382 e. The summed E-state index contributed by atoms with van der Waals surface area (Å²) in [4.78, 5) is 10.6. The highest BCUT2D eigenvalue weighted by Crippen LogP contribution is 2.07. The molecule has 0 fully saturated rings. The molecular formula is C8H18N2O2. The number of likely N-dealkylation sites (N-methyl/N-ethyl adjacent to an activating group) is 1. The van der Waals surface area contributed by atoms with Crippen LogP contribution in [0.4, 0.5) is 0 Å². The average Bonchev–Trinajstić information content (AvgIpc) is 1.98. The first-order valence-corrected chi connectivity index (χ1v) is 4.13. The van der Waals surface area contributed by atoms with Crippen LogP contribution in [0.3, 0.4) is 0 Å². The van der Waals surface area contributed by atoms with Crippen LogP contribution in [0.15, 0.2) is 0 Å². The van der Waals surface area contributed by atoms with Crippen molar-refractivity contribution in [2.75, 3.05) is 7.05 Å². The summed E-state index contributed by atoms with van der Waals surface area (Å²) in [6.07, 6.45) is -0.349. The van der Waals surface area contributed by atoms with Crippen molar-refractivity contribution in [2.45, 2.75) is 32.4 Å². The number of aliphatic hydroxyl groups excluding tert-OH is 1. The molecule has 4 N–H and O–H groups in total. The van der Waals surface area contributed by atoms with Crippen LogP contribution in [0.5, 0.6) is 0 Å². The molecule has 1 amide bonds. The largest absolute Gasteiger partial charge is 0.382 e. The predicted octanol–water partition coefficient (Wildman–Crippen LogP) is -0.533. The number of amides is 1. The first-order valence-electron chi connectivity index (χ1n) is 4.13. The molecule has 2 atom stereocenters. The van der Waals surface area contributed by atoms with E-state index in [1.165, 1.54) is 0 Å². The number of nitrogens with one attached hydrogen (secondary N) is 1. The highest BCUT2D eigenvalue weighted by molar-refractivity contribution is 5.79. The van der Waals surface area contributed by atoms with Crippen molar-refractivity contribution >= 4 is 5.91 Å². The summed E-state index contributed by atoms with van der Waals surface area (Å²) in [6, 6.07) is -0.234. The number of primary amides is 1. The second-order valence-corrected chi connectivity index (χ2v) is 3.37. The Labute approximate surface area is 73.1 Å². The van der Waals surface area contributed by atoms with Crippen molar-refractivity contribution in [1.82, 2.24) is 5.32 Å². The van der Waals surface area contributed by atoms with Crippen molar-refractivity contribution in [1.29, 1.82) is 0 Å². The number of aliphatic hydroxyl groups is 1. The van der Waals surface area contributed by atoms with E-state index in [-0.39, 0.29) is 6.04 Å². The van der Waals surface area contributed by atoms with Gasteiger partial charge in [0.2, 0.25) is 5.91 Å². The van der Waals surface area contributed by atoms with Gasteiger partial charge in [-0.2, -0.15) is 0 Å². The van der Waals surface area contributed by atoms with E-state index in [9.17, 15) is 9.90 Å². The molecule has 72 valence electrons. The Morgan fingerprint density at radius 1 is 1.58 bits per heavy atom. The second kappa shape index (κ2) is 5.11. The molecule has 0 aromatic rings. The number of nitrogens with two attached hydrogens (primary N) is 1. The average molecular weight is 174 g/mol. The van der Waals surface area contributed by atoms with Crippen molar-refractivity contribution in [3.63, 3.8) is 0 Å². The molecule has 0 aliphatic rings. The fourth-order valence-electron chi connectivity index (χ4n) is 1.11. The van der Waals surface area contributed by atoms with Gasteiger partial charge >= 0.3 is 0 Å². The number of carbonyl (C=O) groups excluding carboxylic acids is 1. The molecule has 0 aliphatic carbocycles. The third-order valence-corrected chi connectivity index (χ3v) is 1.77. The smallest absolute Gasteiger partial charge is 0.247 e. The van der Waals surface area contributed by atoms with Gasteiger partial charge in [-0.3, -0.25) is 4.79 Å². The molecule has 0 aromatic carbocycles. The van der Waals surface area contributed by atoms with Gasteiger partial charge in [0.1, 0.15) is 6.10 Å². The molecule has 0 aromatic heterocycles. The van der Waals surface area contributed by atoms with Gasteiger partial charge in [-0.25, -0.2) is 0 Å². The van der Waals surface area contributed by atoms with E-state index in [1.54, 1.807) is 7.05 Å². The lowest BCUT2D eigenvalue weighted by Gasteiger charge is -2.21. The van der Waals surface area contributed by atoms with Crippen molar-refractivity contribution < 1.29 is 9.90 Å². The summed E-state index contributed by atoms with van der Waals surface area (Å²) in [7, 11) is 1.71. The van der Waals surface area contributed by atoms with Crippen LogP contribution in [0.2, 0.25) is 0 Å². The van der Waals surface area contributed by atoms with Crippen molar-refractivity contribution in [2.24, 2.45) is 11.7 Å². The first kappa shape index (κ1) is 11.4. The number of carbonyl (C=O) groups is 1. The predicted molar refractivity (Wildman–Crippen MR) is 47.5 cm³/mol. The maximum atomic E-state index is 10.6.